The fourth-order valence-corrected chi connectivity index (χ4v) is 3.92. The monoisotopic (exact) mass is 360 g/mol. The second-order valence-corrected chi connectivity index (χ2v) is 13.6. The van der Waals surface area contributed by atoms with Crippen molar-refractivity contribution in [3.8, 4) is 0 Å². The highest BCUT2D eigenvalue weighted by atomic mass is 32.2. The van der Waals surface area contributed by atoms with E-state index in [-0.39, 0.29) is 23.1 Å². The van der Waals surface area contributed by atoms with Crippen molar-refractivity contribution in [1.29, 1.82) is 0 Å². The minimum absolute atomic E-state index is 0.0315. The normalized spacial score (nSPS) is 14.7. The Morgan fingerprint density at radius 1 is 1.17 bits per heavy atom. The summed E-state index contributed by atoms with van der Waals surface area (Å²) in [6, 6.07) is 6.44. The second kappa shape index (κ2) is 7.44. The number of hydrogen-bond donors (Lipinski definition) is 1. The lowest BCUT2D eigenvalue weighted by Crippen LogP contribution is -2.46. The molecule has 0 saturated carbocycles. The lowest BCUT2D eigenvalue weighted by atomic mass is 10.2. The molecular weight excluding hydrogens is 332 g/mol. The minimum atomic E-state index is -3.85. The molecule has 1 rings (SSSR count). The number of aliphatic hydroxyl groups excluding tert-OH is 1. The first-order chi connectivity index (χ1) is 10.4. The summed E-state index contributed by atoms with van der Waals surface area (Å²) in [6.07, 6.45) is -0.656. The Labute approximate surface area is 140 Å². The summed E-state index contributed by atoms with van der Waals surface area (Å²) in [5, 5.41) is 9.45. The van der Waals surface area contributed by atoms with E-state index in [1.807, 2.05) is 20.0 Å². The number of benzene rings is 1. The maximum absolute atomic E-state index is 12.2. The topological polar surface area (TPSA) is 72.8 Å². The first kappa shape index (κ1) is 20.3. The van der Waals surface area contributed by atoms with Crippen molar-refractivity contribution < 1.29 is 22.1 Å². The average Bonchev–Trinajstić information content (AvgIpc) is 2.42. The van der Waals surface area contributed by atoms with Crippen molar-refractivity contribution in [2.24, 2.45) is 0 Å². The van der Waals surface area contributed by atoms with E-state index in [9.17, 15) is 13.5 Å². The SMILES string of the molecule is Cc1ccc(S(=O)(=O)OCC(CO)O[Si](C)(C)C(C)(C)C)cc1. The van der Waals surface area contributed by atoms with Gasteiger partial charge >= 0.3 is 0 Å². The summed E-state index contributed by atoms with van der Waals surface area (Å²) in [4.78, 5) is 0.104. The molecule has 0 aliphatic heterocycles. The molecule has 0 heterocycles. The van der Waals surface area contributed by atoms with Gasteiger partial charge in [0.25, 0.3) is 10.1 Å². The predicted molar refractivity (Wildman–Crippen MR) is 93.5 cm³/mol. The molecule has 1 unspecified atom stereocenters. The molecule has 1 N–H and O–H groups in total. The van der Waals surface area contributed by atoms with Gasteiger partial charge < -0.3 is 9.53 Å². The van der Waals surface area contributed by atoms with E-state index < -0.39 is 24.5 Å². The van der Waals surface area contributed by atoms with Crippen LogP contribution in [0.2, 0.25) is 18.1 Å². The highest BCUT2D eigenvalue weighted by Crippen LogP contribution is 2.37. The third-order valence-electron chi connectivity index (χ3n) is 4.19. The van der Waals surface area contributed by atoms with Crippen LogP contribution < -0.4 is 0 Å². The van der Waals surface area contributed by atoms with Crippen LogP contribution in [0.25, 0.3) is 0 Å². The zero-order valence-corrected chi connectivity index (χ0v) is 16.6. The molecule has 0 aliphatic rings. The molecule has 7 heteroatoms. The molecule has 0 amide bonds. The van der Waals surface area contributed by atoms with Gasteiger partial charge in [0.2, 0.25) is 0 Å². The Morgan fingerprint density at radius 3 is 2.13 bits per heavy atom. The van der Waals surface area contributed by atoms with E-state index >= 15 is 0 Å². The zero-order chi connectivity index (χ0) is 17.9. The van der Waals surface area contributed by atoms with Crippen LogP contribution >= 0.6 is 0 Å². The third kappa shape index (κ3) is 5.68. The Kier molecular flexibility index (Phi) is 6.57. The van der Waals surface area contributed by atoms with Crippen molar-refractivity contribution >= 4 is 18.4 Å². The van der Waals surface area contributed by atoms with Gasteiger partial charge in [0.05, 0.1) is 24.2 Å². The van der Waals surface area contributed by atoms with Gasteiger partial charge in [-0.05, 0) is 37.2 Å². The summed E-state index contributed by atoms with van der Waals surface area (Å²) in [5.74, 6) is 0. The van der Waals surface area contributed by atoms with Crippen LogP contribution in [0.4, 0.5) is 0 Å². The van der Waals surface area contributed by atoms with Gasteiger partial charge in [-0.15, -0.1) is 0 Å². The smallest absolute Gasteiger partial charge is 0.297 e. The van der Waals surface area contributed by atoms with Crippen LogP contribution in [0.5, 0.6) is 0 Å². The van der Waals surface area contributed by atoms with Crippen molar-refractivity contribution in [2.75, 3.05) is 13.2 Å². The van der Waals surface area contributed by atoms with E-state index in [1.165, 1.54) is 12.1 Å². The van der Waals surface area contributed by atoms with Crippen LogP contribution in [0.3, 0.4) is 0 Å². The second-order valence-electron chi connectivity index (χ2n) is 7.23. The molecule has 0 spiro atoms. The summed E-state index contributed by atoms with van der Waals surface area (Å²) in [7, 11) is -5.96. The van der Waals surface area contributed by atoms with E-state index in [1.54, 1.807) is 12.1 Å². The Bertz CT molecular complexity index is 602. The van der Waals surface area contributed by atoms with Gasteiger partial charge in [-0.2, -0.15) is 8.42 Å². The number of hydrogen-bond acceptors (Lipinski definition) is 5. The number of rotatable bonds is 7. The highest BCUT2D eigenvalue weighted by molar-refractivity contribution is 7.86. The van der Waals surface area contributed by atoms with E-state index in [4.69, 9.17) is 8.61 Å². The quantitative estimate of drug-likeness (QED) is 0.597. The van der Waals surface area contributed by atoms with Crippen LogP contribution in [-0.2, 0) is 18.7 Å². The summed E-state index contributed by atoms with van der Waals surface area (Å²) < 4.78 is 35.4. The van der Waals surface area contributed by atoms with Gasteiger partial charge in [-0.3, -0.25) is 4.18 Å². The van der Waals surface area contributed by atoms with Gasteiger partial charge in [-0.25, -0.2) is 0 Å². The lowest BCUT2D eigenvalue weighted by Gasteiger charge is -2.38. The summed E-state index contributed by atoms with van der Waals surface area (Å²) in [6.45, 7) is 11.7. The minimum Gasteiger partial charge on any atom is -0.409 e. The molecular formula is C16H28O5SSi. The lowest BCUT2D eigenvalue weighted by molar-refractivity contribution is 0.0635. The largest absolute Gasteiger partial charge is 0.409 e. The van der Waals surface area contributed by atoms with Gasteiger partial charge in [0, 0.05) is 0 Å². The van der Waals surface area contributed by atoms with Gasteiger partial charge in [-0.1, -0.05) is 38.5 Å². The summed E-state index contributed by atoms with van der Waals surface area (Å²) in [5.41, 5.74) is 0.971. The molecule has 23 heavy (non-hydrogen) atoms. The maximum Gasteiger partial charge on any atom is 0.297 e. The Hall–Kier alpha value is -0.733. The van der Waals surface area contributed by atoms with Crippen molar-refractivity contribution in [3.63, 3.8) is 0 Å². The molecule has 0 fully saturated rings. The van der Waals surface area contributed by atoms with E-state index in [2.05, 4.69) is 20.8 Å². The van der Waals surface area contributed by atoms with Crippen molar-refractivity contribution in [3.05, 3.63) is 29.8 Å². The molecule has 1 atom stereocenters. The predicted octanol–water partition coefficient (Wildman–Crippen LogP) is 3.08. The fourth-order valence-electron chi connectivity index (χ4n) is 1.66. The fraction of sp³-hybridized carbons (Fsp3) is 0.625. The van der Waals surface area contributed by atoms with Crippen LogP contribution in [0.15, 0.2) is 29.2 Å². The summed E-state index contributed by atoms with van der Waals surface area (Å²) >= 11 is 0. The third-order valence-corrected chi connectivity index (χ3v) is 10.0. The molecule has 0 aliphatic carbocycles. The molecule has 1 aromatic carbocycles. The van der Waals surface area contributed by atoms with Gasteiger partial charge in [0.15, 0.2) is 8.32 Å². The molecule has 0 bridgehead atoms. The van der Waals surface area contributed by atoms with Crippen LogP contribution in [-0.4, -0.2) is 41.2 Å². The molecule has 132 valence electrons. The van der Waals surface area contributed by atoms with Gasteiger partial charge in [0.1, 0.15) is 0 Å². The standard InChI is InChI=1S/C16H28O5SSi/c1-13-7-9-15(10-8-13)22(18,19)20-12-14(11-17)21-23(5,6)16(2,3)4/h7-10,14,17H,11-12H2,1-6H3. The molecule has 5 nitrogen and oxygen atoms in total. The van der Waals surface area contributed by atoms with Crippen LogP contribution in [0, 0.1) is 6.92 Å². The molecule has 1 aromatic rings. The number of aryl methyl sites for hydroxylation is 1. The Balaban J connectivity index is 2.76. The van der Waals surface area contributed by atoms with Crippen LogP contribution in [0.1, 0.15) is 26.3 Å². The van der Waals surface area contributed by atoms with Crippen molar-refractivity contribution in [1.82, 2.24) is 0 Å². The molecule has 0 radical (unpaired) electrons. The number of aliphatic hydroxyl groups is 1. The highest BCUT2D eigenvalue weighted by Gasteiger charge is 2.39. The van der Waals surface area contributed by atoms with E-state index in [0.29, 0.717) is 0 Å². The maximum atomic E-state index is 12.2. The first-order valence-electron chi connectivity index (χ1n) is 7.64. The molecule has 0 saturated heterocycles. The first-order valence-corrected chi connectivity index (χ1v) is 12.0. The van der Waals surface area contributed by atoms with Crippen molar-refractivity contribution in [2.45, 2.75) is 56.8 Å². The van der Waals surface area contributed by atoms with E-state index in [0.717, 1.165) is 5.56 Å². The Morgan fingerprint density at radius 2 is 1.70 bits per heavy atom. The molecule has 0 aromatic heterocycles. The zero-order valence-electron chi connectivity index (χ0n) is 14.8. The average molecular weight is 361 g/mol.